The molecule has 0 atom stereocenters. The Hall–Kier alpha value is -3.60. The minimum absolute atomic E-state index is 0.00209. The Morgan fingerprint density at radius 2 is 1.68 bits per heavy atom. The van der Waals surface area contributed by atoms with Gasteiger partial charge in [0.15, 0.2) is 17.3 Å². The van der Waals surface area contributed by atoms with E-state index in [4.69, 9.17) is 9.47 Å². The quantitative estimate of drug-likeness (QED) is 0.518. The fraction of sp³-hybridized carbons (Fsp3) is 0.130. The van der Waals surface area contributed by atoms with E-state index in [1.165, 1.54) is 12.7 Å². The van der Waals surface area contributed by atoms with E-state index in [2.05, 4.69) is 16.0 Å². The van der Waals surface area contributed by atoms with Gasteiger partial charge in [0.05, 0.1) is 23.6 Å². The molecule has 0 saturated heterocycles. The first-order valence-corrected chi connectivity index (χ1v) is 8.95. The van der Waals surface area contributed by atoms with Gasteiger partial charge >= 0.3 is 0 Å². The summed E-state index contributed by atoms with van der Waals surface area (Å²) in [5, 5.41) is 11.3. The van der Waals surface area contributed by atoms with E-state index in [1.54, 1.807) is 18.2 Å². The zero-order chi connectivity index (χ0) is 19.7. The van der Waals surface area contributed by atoms with Crippen molar-refractivity contribution in [1.29, 1.82) is 0 Å². The average Bonchev–Trinajstić information content (AvgIpc) is 2.70. The lowest BCUT2D eigenvalue weighted by Gasteiger charge is -2.13. The number of nitrogens with zero attached hydrogens (tertiary/aromatic N) is 2. The first kappa shape index (κ1) is 17.8. The number of phenols is 1. The molecule has 0 saturated carbocycles. The zero-order valence-electron chi connectivity index (χ0n) is 15.9. The molecule has 0 spiro atoms. The highest BCUT2D eigenvalue weighted by Crippen LogP contribution is 2.38. The molecule has 3 aromatic carbocycles. The summed E-state index contributed by atoms with van der Waals surface area (Å²) in [6.45, 7) is 4.04. The van der Waals surface area contributed by atoms with Crippen molar-refractivity contribution >= 4 is 10.9 Å². The molecule has 0 aliphatic rings. The van der Waals surface area contributed by atoms with Crippen LogP contribution in [0.25, 0.3) is 22.3 Å². The molecule has 1 heterocycles. The van der Waals surface area contributed by atoms with Gasteiger partial charge in [0.25, 0.3) is 0 Å². The molecule has 1 N–H and O–H groups in total. The Morgan fingerprint density at radius 3 is 2.46 bits per heavy atom. The van der Waals surface area contributed by atoms with Crippen molar-refractivity contribution in [2.24, 2.45) is 0 Å². The van der Waals surface area contributed by atoms with E-state index in [-0.39, 0.29) is 5.75 Å². The lowest BCUT2D eigenvalue weighted by atomic mass is 10.1. The Balaban J connectivity index is 1.89. The summed E-state index contributed by atoms with van der Waals surface area (Å²) in [5.74, 6) is 1.91. The Kier molecular flexibility index (Phi) is 4.57. The van der Waals surface area contributed by atoms with Gasteiger partial charge in [-0.25, -0.2) is 4.98 Å². The van der Waals surface area contributed by atoms with Crippen LogP contribution in [0, 0.1) is 13.8 Å². The van der Waals surface area contributed by atoms with Crippen LogP contribution < -0.4 is 9.47 Å². The summed E-state index contributed by atoms with van der Waals surface area (Å²) >= 11 is 0. The highest BCUT2D eigenvalue weighted by Gasteiger charge is 2.16. The van der Waals surface area contributed by atoms with E-state index in [9.17, 15) is 5.11 Å². The normalized spacial score (nSPS) is 10.8. The molecule has 0 fully saturated rings. The van der Waals surface area contributed by atoms with E-state index < -0.39 is 0 Å². The number of ether oxygens (including phenoxy) is 2. The van der Waals surface area contributed by atoms with Crippen molar-refractivity contribution < 1.29 is 14.6 Å². The van der Waals surface area contributed by atoms with Crippen LogP contribution in [0.4, 0.5) is 0 Å². The van der Waals surface area contributed by atoms with E-state index in [0.717, 1.165) is 22.2 Å². The fourth-order valence-corrected chi connectivity index (χ4v) is 3.13. The topological polar surface area (TPSA) is 64.5 Å². The number of hydrogen-bond acceptors (Lipinski definition) is 5. The van der Waals surface area contributed by atoms with Crippen LogP contribution >= 0.6 is 0 Å². The summed E-state index contributed by atoms with van der Waals surface area (Å²) in [7, 11) is 1.51. The molecular weight excluding hydrogens is 352 g/mol. The molecule has 0 aliphatic carbocycles. The lowest BCUT2D eigenvalue weighted by molar-refractivity contribution is 0.374. The lowest BCUT2D eigenvalue weighted by Crippen LogP contribution is -1.98. The second-order valence-electron chi connectivity index (χ2n) is 6.60. The largest absolute Gasteiger partial charge is 0.504 e. The Labute approximate surface area is 163 Å². The van der Waals surface area contributed by atoms with Crippen molar-refractivity contribution in [2.45, 2.75) is 13.8 Å². The summed E-state index contributed by atoms with van der Waals surface area (Å²) in [4.78, 5) is 9.23. The molecule has 1 aromatic heterocycles. The summed E-state index contributed by atoms with van der Waals surface area (Å²) in [6.07, 6.45) is 0. The second kappa shape index (κ2) is 7.19. The highest BCUT2D eigenvalue weighted by molar-refractivity contribution is 5.86. The van der Waals surface area contributed by atoms with Gasteiger partial charge in [-0.15, -0.1) is 0 Å². The second-order valence-corrected chi connectivity index (χ2v) is 6.60. The number of methoxy groups -OCH3 is 1. The van der Waals surface area contributed by atoms with E-state index in [0.29, 0.717) is 23.0 Å². The van der Waals surface area contributed by atoms with Gasteiger partial charge < -0.3 is 14.6 Å². The predicted molar refractivity (Wildman–Crippen MR) is 109 cm³/mol. The van der Waals surface area contributed by atoms with E-state index in [1.807, 2.05) is 50.2 Å². The van der Waals surface area contributed by atoms with Crippen LogP contribution in [0.3, 0.4) is 0 Å². The molecular formula is C23H20N2O3. The average molecular weight is 372 g/mol. The number of aromatic hydroxyl groups is 1. The first-order valence-electron chi connectivity index (χ1n) is 8.95. The zero-order valence-corrected chi connectivity index (χ0v) is 15.9. The monoisotopic (exact) mass is 372 g/mol. The van der Waals surface area contributed by atoms with Gasteiger partial charge in [0.1, 0.15) is 5.75 Å². The molecule has 4 rings (SSSR count). The van der Waals surface area contributed by atoms with Gasteiger partial charge in [-0.05, 0) is 49.7 Å². The van der Waals surface area contributed by atoms with Crippen LogP contribution in [0.2, 0.25) is 0 Å². The van der Waals surface area contributed by atoms with Gasteiger partial charge in [0, 0.05) is 0 Å². The summed E-state index contributed by atoms with van der Waals surface area (Å²) in [5.41, 5.74) is 3.40. The molecule has 28 heavy (non-hydrogen) atoms. The fourth-order valence-electron chi connectivity index (χ4n) is 3.13. The maximum Gasteiger partial charge on any atom is 0.230 e. The van der Waals surface area contributed by atoms with Gasteiger partial charge in [-0.3, -0.25) is 0 Å². The molecule has 0 unspecified atom stereocenters. The molecule has 0 bridgehead atoms. The van der Waals surface area contributed by atoms with Gasteiger partial charge in [-0.2, -0.15) is 4.98 Å². The molecule has 0 aliphatic heterocycles. The van der Waals surface area contributed by atoms with Crippen LogP contribution in [0.15, 0.2) is 60.7 Å². The third-order valence-corrected chi connectivity index (χ3v) is 4.57. The van der Waals surface area contributed by atoms with Gasteiger partial charge in [-0.1, -0.05) is 35.9 Å². The van der Waals surface area contributed by atoms with Crippen LogP contribution in [0.1, 0.15) is 11.1 Å². The van der Waals surface area contributed by atoms with Crippen LogP contribution in [0.5, 0.6) is 23.1 Å². The molecule has 4 aromatic rings. The minimum atomic E-state index is -0.00209. The Bertz CT molecular complexity index is 1170. The maximum absolute atomic E-state index is 10.5. The van der Waals surface area contributed by atoms with Crippen molar-refractivity contribution in [2.75, 3.05) is 7.11 Å². The van der Waals surface area contributed by atoms with Crippen LogP contribution in [-0.2, 0) is 0 Å². The number of fused-ring (bicyclic) bond motifs is 1. The van der Waals surface area contributed by atoms with Crippen molar-refractivity contribution in [3.05, 3.63) is 71.8 Å². The number of rotatable bonds is 4. The van der Waals surface area contributed by atoms with Crippen molar-refractivity contribution in [3.8, 4) is 34.5 Å². The smallest absolute Gasteiger partial charge is 0.230 e. The molecule has 140 valence electrons. The number of phenolic OH excluding ortho intramolecular Hbond substituents is 1. The molecule has 0 radical (unpaired) electrons. The first-order chi connectivity index (χ1) is 13.6. The number of benzene rings is 3. The molecule has 0 amide bonds. The summed E-state index contributed by atoms with van der Waals surface area (Å²) in [6, 6.07) is 18.9. The third-order valence-electron chi connectivity index (χ3n) is 4.57. The number of aromatic nitrogens is 2. The number of aryl methyl sites for hydroxylation is 2. The number of hydrogen-bond donors (Lipinski definition) is 1. The van der Waals surface area contributed by atoms with Crippen molar-refractivity contribution in [3.63, 3.8) is 0 Å². The van der Waals surface area contributed by atoms with E-state index >= 15 is 0 Å². The molecule has 5 heteroatoms. The maximum atomic E-state index is 10.5. The highest BCUT2D eigenvalue weighted by atomic mass is 16.5. The third kappa shape index (κ3) is 3.22. The van der Waals surface area contributed by atoms with Crippen molar-refractivity contribution in [1.82, 2.24) is 9.97 Å². The standard InChI is InChI=1S/C23H20N2O3/c1-14-11-12-19(15(2)13-14)28-23-16-7-4-5-9-18(16)24-22(25-23)17-8-6-10-20(27-3)21(17)26/h4-13,26H,1-3H3. The minimum Gasteiger partial charge on any atom is -0.504 e. The molecule has 5 nitrogen and oxygen atoms in total. The van der Waals surface area contributed by atoms with Crippen LogP contribution in [-0.4, -0.2) is 22.2 Å². The predicted octanol–water partition coefficient (Wildman–Crippen LogP) is 5.42. The SMILES string of the molecule is COc1cccc(-c2nc(Oc3ccc(C)cc3C)c3ccccc3n2)c1O. The summed E-state index contributed by atoms with van der Waals surface area (Å²) < 4.78 is 11.4. The number of para-hydroxylation sites is 2. The van der Waals surface area contributed by atoms with Gasteiger partial charge in [0.2, 0.25) is 5.88 Å². The Morgan fingerprint density at radius 1 is 0.857 bits per heavy atom.